The minimum absolute atomic E-state index is 0.0589. The second-order valence-corrected chi connectivity index (χ2v) is 3.36. The zero-order chi connectivity index (χ0) is 12.1. The number of allylic oxidation sites excluding steroid dienone is 4. The van der Waals surface area contributed by atoms with Crippen LogP contribution in [0.4, 0.5) is 5.69 Å². The number of hydrazone groups is 1. The number of para-hydroxylation sites is 1. The lowest BCUT2D eigenvalue weighted by molar-refractivity contribution is -0.377. The topological polar surface area (TPSA) is 73.5 Å². The van der Waals surface area contributed by atoms with E-state index in [4.69, 9.17) is 0 Å². The average molecular weight is 228 g/mol. The number of hydrogen-bond donors (Lipinski definition) is 1. The summed E-state index contributed by atoms with van der Waals surface area (Å²) < 4.78 is 0. The van der Waals surface area contributed by atoms with Crippen molar-refractivity contribution in [3.05, 3.63) is 65.1 Å². The molecule has 0 atom stereocenters. The third-order valence-electron chi connectivity index (χ3n) is 2.15. The van der Waals surface area contributed by atoms with E-state index in [1.807, 2.05) is 30.3 Å². The van der Waals surface area contributed by atoms with Crippen LogP contribution in [0, 0.1) is 10.4 Å². The standard InChI is InChI=1S/C12H10N3O2/c16-15(17)12-8-6-11(7-9-12)14-13-10-4-2-1-3-5-10/h1-9,13H/q-1. The maximum atomic E-state index is 10.5. The van der Waals surface area contributed by atoms with Crippen LogP contribution in [0.25, 0.3) is 0 Å². The molecule has 0 saturated heterocycles. The molecule has 0 saturated carbocycles. The van der Waals surface area contributed by atoms with Gasteiger partial charge in [0.25, 0.3) is 0 Å². The molecular formula is C12H10N3O2-. The van der Waals surface area contributed by atoms with E-state index in [2.05, 4.69) is 10.5 Å². The minimum Gasteiger partial charge on any atom is -0.612 e. The highest BCUT2D eigenvalue weighted by atomic mass is 16.8. The normalized spacial score (nSPS) is 13.6. The van der Waals surface area contributed by atoms with Crippen LogP contribution < -0.4 is 5.43 Å². The monoisotopic (exact) mass is 228 g/mol. The lowest BCUT2D eigenvalue weighted by atomic mass is 10.1. The van der Waals surface area contributed by atoms with Gasteiger partial charge in [0.1, 0.15) is 0 Å². The molecule has 0 bridgehead atoms. The summed E-state index contributed by atoms with van der Waals surface area (Å²) in [5.41, 5.74) is 4.43. The molecule has 1 N–H and O–H groups in total. The summed E-state index contributed by atoms with van der Waals surface area (Å²) in [6.07, 6.45) is 6.03. The predicted octanol–water partition coefficient (Wildman–Crippen LogP) is 2.03. The molecule has 1 aliphatic carbocycles. The van der Waals surface area contributed by atoms with Gasteiger partial charge in [0.2, 0.25) is 5.71 Å². The highest BCUT2D eigenvalue weighted by Crippen LogP contribution is 2.05. The molecule has 5 nitrogen and oxygen atoms in total. The van der Waals surface area contributed by atoms with Gasteiger partial charge in [-0.3, -0.25) is 5.43 Å². The van der Waals surface area contributed by atoms with E-state index in [0.717, 1.165) is 5.69 Å². The van der Waals surface area contributed by atoms with Gasteiger partial charge in [-0.1, -0.05) is 18.2 Å². The molecule has 86 valence electrons. The van der Waals surface area contributed by atoms with Gasteiger partial charge < -0.3 is 10.4 Å². The third-order valence-corrected chi connectivity index (χ3v) is 2.15. The summed E-state index contributed by atoms with van der Waals surface area (Å²) in [4.78, 5) is -0.436. The Balaban J connectivity index is 2.05. The maximum Gasteiger partial charge on any atom is 0.222 e. The van der Waals surface area contributed by atoms with Crippen molar-refractivity contribution in [3.63, 3.8) is 0 Å². The van der Waals surface area contributed by atoms with Gasteiger partial charge in [-0.2, -0.15) is 10.0 Å². The quantitative estimate of drug-likeness (QED) is 0.478. The number of benzene rings is 1. The highest BCUT2D eigenvalue weighted by Gasteiger charge is 2.03. The Bertz CT molecular complexity index is 494. The summed E-state index contributed by atoms with van der Waals surface area (Å²) in [6, 6.07) is 9.47. The number of nitrogens with zero attached hydrogens (tertiary/aromatic N) is 2. The summed E-state index contributed by atoms with van der Waals surface area (Å²) in [5, 5.41) is 25.0. The lowest BCUT2D eigenvalue weighted by Gasteiger charge is -2.07. The van der Waals surface area contributed by atoms with Gasteiger partial charge in [0.15, 0.2) is 0 Å². The van der Waals surface area contributed by atoms with Crippen molar-refractivity contribution < 1.29 is 4.90 Å². The number of nitrogens with one attached hydrogen (secondary N) is 1. The van der Waals surface area contributed by atoms with Crippen LogP contribution >= 0.6 is 0 Å². The molecule has 0 aromatic heterocycles. The Morgan fingerprint density at radius 2 is 1.59 bits per heavy atom. The third kappa shape index (κ3) is 2.94. The van der Waals surface area contributed by atoms with E-state index in [1.165, 1.54) is 12.2 Å². The van der Waals surface area contributed by atoms with Gasteiger partial charge >= 0.3 is 0 Å². The molecule has 1 aromatic carbocycles. The maximum absolute atomic E-state index is 10.5. The molecule has 1 aromatic rings. The van der Waals surface area contributed by atoms with Crippen LogP contribution in [-0.4, -0.2) is 16.3 Å². The van der Waals surface area contributed by atoms with Crippen LogP contribution in [0.3, 0.4) is 0 Å². The van der Waals surface area contributed by atoms with Gasteiger partial charge in [-0.15, -0.1) is 0 Å². The molecule has 0 radical (unpaired) electrons. The first-order chi connectivity index (χ1) is 8.25. The van der Waals surface area contributed by atoms with Crippen molar-refractivity contribution in [1.82, 2.24) is 0 Å². The Labute approximate surface area is 98.3 Å². The second kappa shape index (κ2) is 4.98. The van der Waals surface area contributed by atoms with Crippen LogP contribution in [0.1, 0.15) is 0 Å². The Kier molecular flexibility index (Phi) is 3.20. The highest BCUT2D eigenvalue weighted by molar-refractivity contribution is 6.17. The van der Waals surface area contributed by atoms with Crippen LogP contribution in [0.2, 0.25) is 0 Å². The van der Waals surface area contributed by atoms with E-state index in [0.29, 0.717) is 5.71 Å². The molecule has 5 heteroatoms. The predicted molar refractivity (Wildman–Crippen MR) is 67.8 cm³/mol. The van der Waals surface area contributed by atoms with Gasteiger partial charge in [-0.25, -0.2) is 0 Å². The first-order valence-electron chi connectivity index (χ1n) is 5.02. The molecule has 0 amide bonds. The molecule has 1 aliphatic rings. The van der Waals surface area contributed by atoms with E-state index >= 15 is 0 Å². The summed E-state index contributed by atoms with van der Waals surface area (Å²) >= 11 is 0. The fourth-order valence-corrected chi connectivity index (χ4v) is 1.29. The van der Waals surface area contributed by atoms with Gasteiger partial charge in [0, 0.05) is 12.2 Å². The molecule has 0 fully saturated rings. The van der Waals surface area contributed by atoms with Crippen LogP contribution in [-0.2, 0) is 0 Å². The Morgan fingerprint density at radius 3 is 2.18 bits per heavy atom. The molecule has 2 rings (SSSR count). The SMILES string of the molecule is [O-][N+]([O-])=C1C=CC(=NNc2ccccc2)C=C1. The molecule has 0 aliphatic heterocycles. The zero-order valence-electron chi connectivity index (χ0n) is 8.91. The van der Waals surface area contributed by atoms with Crippen LogP contribution in [0.5, 0.6) is 0 Å². The van der Waals surface area contributed by atoms with Crippen LogP contribution in [0.15, 0.2) is 59.7 Å². The van der Waals surface area contributed by atoms with Crippen molar-refractivity contribution >= 4 is 17.1 Å². The van der Waals surface area contributed by atoms with E-state index < -0.39 is 4.90 Å². The van der Waals surface area contributed by atoms with E-state index in [1.54, 1.807) is 12.2 Å². The Morgan fingerprint density at radius 1 is 0.941 bits per heavy atom. The van der Waals surface area contributed by atoms with Gasteiger partial charge in [0.05, 0.1) is 11.4 Å². The number of rotatable bonds is 2. The first-order valence-corrected chi connectivity index (χ1v) is 5.02. The summed E-state index contributed by atoms with van der Waals surface area (Å²) in [5.74, 6) is 0. The van der Waals surface area contributed by atoms with Crippen molar-refractivity contribution in [1.29, 1.82) is 0 Å². The Hall–Kier alpha value is -2.56. The summed E-state index contributed by atoms with van der Waals surface area (Å²) in [7, 11) is 0. The molecule has 0 unspecified atom stereocenters. The van der Waals surface area contributed by atoms with E-state index in [9.17, 15) is 10.4 Å². The molecule has 0 heterocycles. The lowest BCUT2D eigenvalue weighted by Crippen LogP contribution is -2.09. The first kappa shape index (κ1) is 10.9. The smallest absolute Gasteiger partial charge is 0.222 e. The average Bonchev–Trinajstić information content (AvgIpc) is 2.38. The van der Waals surface area contributed by atoms with Crippen molar-refractivity contribution in [2.24, 2.45) is 5.10 Å². The number of anilines is 1. The second-order valence-electron chi connectivity index (χ2n) is 3.36. The minimum atomic E-state index is -0.436. The van der Waals surface area contributed by atoms with Gasteiger partial charge in [-0.05, 0) is 24.3 Å². The molecule has 17 heavy (non-hydrogen) atoms. The molecular weight excluding hydrogens is 218 g/mol. The van der Waals surface area contributed by atoms with E-state index in [-0.39, 0.29) is 5.71 Å². The molecule has 0 spiro atoms. The fraction of sp³-hybridized carbons (Fsp3) is 0. The van der Waals surface area contributed by atoms with Crippen molar-refractivity contribution in [2.75, 3.05) is 5.43 Å². The summed E-state index contributed by atoms with van der Waals surface area (Å²) in [6.45, 7) is 0. The number of hydrogen-bond acceptors (Lipinski definition) is 4. The largest absolute Gasteiger partial charge is 0.612 e. The van der Waals surface area contributed by atoms with Crippen molar-refractivity contribution in [3.8, 4) is 0 Å². The fourth-order valence-electron chi connectivity index (χ4n) is 1.29. The van der Waals surface area contributed by atoms with Crippen molar-refractivity contribution in [2.45, 2.75) is 0 Å². The zero-order valence-corrected chi connectivity index (χ0v) is 8.91.